The molecule has 2 nitrogen and oxygen atoms in total. The smallest absolute Gasteiger partial charge is 0.129 e. The Balaban J connectivity index is 1.78. The van der Waals surface area contributed by atoms with Crippen LogP contribution in [0.4, 0.5) is 4.39 Å². The van der Waals surface area contributed by atoms with E-state index in [2.05, 4.69) is 24.1 Å². The van der Waals surface area contributed by atoms with Crippen LogP contribution in [0.2, 0.25) is 5.02 Å². The first kappa shape index (κ1) is 14.3. The molecule has 2 fully saturated rings. The molecule has 110 valence electrons. The fourth-order valence-electron chi connectivity index (χ4n) is 3.24. The van der Waals surface area contributed by atoms with Gasteiger partial charge in [-0.3, -0.25) is 4.90 Å². The van der Waals surface area contributed by atoms with Crippen LogP contribution in [0.1, 0.15) is 32.3 Å². The van der Waals surface area contributed by atoms with Gasteiger partial charge in [-0.2, -0.15) is 0 Å². The molecule has 1 N–H and O–H groups in total. The highest BCUT2D eigenvalue weighted by atomic mass is 35.5. The van der Waals surface area contributed by atoms with E-state index in [-0.39, 0.29) is 11.4 Å². The van der Waals surface area contributed by atoms with Crippen LogP contribution in [0.3, 0.4) is 0 Å². The maximum atomic E-state index is 14.0. The second-order valence-electron chi connectivity index (χ2n) is 6.53. The first-order valence-corrected chi connectivity index (χ1v) is 7.79. The fourth-order valence-corrected chi connectivity index (χ4v) is 3.46. The van der Waals surface area contributed by atoms with E-state index in [1.54, 1.807) is 12.1 Å². The van der Waals surface area contributed by atoms with Gasteiger partial charge in [-0.05, 0) is 44.7 Å². The third kappa shape index (κ3) is 2.72. The minimum atomic E-state index is -0.198. The predicted octanol–water partition coefficient (Wildman–Crippen LogP) is 3.44. The van der Waals surface area contributed by atoms with Gasteiger partial charge in [0.1, 0.15) is 5.82 Å². The first-order valence-electron chi connectivity index (χ1n) is 7.41. The number of nitrogens with one attached hydrogen (secondary N) is 1. The van der Waals surface area contributed by atoms with Crippen LogP contribution < -0.4 is 5.32 Å². The zero-order chi connectivity index (χ0) is 14.3. The molecule has 0 amide bonds. The van der Waals surface area contributed by atoms with Crippen LogP contribution in [0.15, 0.2) is 18.2 Å². The number of halogens is 2. The highest BCUT2D eigenvalue weighted by Gasteiger charge is 2.45. The van der Waals surface area contributed by atoms with Crippen molar-refractivity contribution in [1.82, 2.24) is 10.2 Å². The van der Waals surface area contributed by atoms with E-state index >= 15 is 0 Å². The van der Waals surface area contributed by atoms with Crippen molar-refractivity contribution in [3.05, 3.63) is 34.6 Å². The van der Waals surface area contributed by atoms with Crippen LogP contribution in [0.25, 0.3) is 0 Å². The summed E-state index contributed by atoms with van der Waals surface area (Å²) in [4.78, 5) is 2.36. The molecule has 1 aromatic carbocycles. The Kier molecular flexibility index (Phi) is 3.78. The van der Waals surface area contributed by atoms with Gasteiger partial charge in [-0.25, -0.2) is 4.39 Å². The molecule has 3 rings (SSSR count). The minimum Gasteiger partial charge on any atom is -0.308 e. The second-order valence-corrected chi connectivity index (χ2v) is 6.93. The third-order valence-corrected chi connectivity index (χ3v) is 5.21. The lowest BCUT2D eigenvalue weighted by Crippen LogP contribution is -2.62. The topological polar surface area (TPSA) is 15.3 Å². The van der Waals surface area contributed by atoms with Gasteiger partial charge in [0, 0.05) is 41.8 Å². The second kappa shape index (κ2) is 5.28. The van der Waals surface area contributed by atoms with Crippen LogP contribution >= 0.6 is 11.6 Å². The van der Waals surface area contributed by atoms with Gasteiger partial charge >= 0.3 is 0 Å². The molecule has 0 bridgehead atoms. The fraction of sp³-hybridized carbons (Fsp3) is 0.625. The van der Waals surface area contributed by atoms with Gasteiger partial charge in [0.2, 0.25) is 0 Å². The molecule has 1 aliphatic heterocycles. The molecule has 20 heavy (non-hydrogen) atoms. The third-order valence-electron chi connectivity index (χ3n) is 4.86. The maximum absolute atomic E-state index is 14.0. The first-order chi connectivity index (χ1) is 9.49. The van der Waals surface area contributed by atoms with E-state index in [9.17, 15) is 4.39 Å². The number of piperazine rings is 1. The lowest BCUT2D eigenvalue weighted by atomic mass is 9.91. The Hall–Kier alpha value is -0.640. The number of nitrogens with zero attached hydrogens (tertiary/aromatic N) is 1. The van der Waals surface area contributed by atoms with Crippen molar-refractivity contribution in [2.45, 2.75) is 44.8 Å². The zero-order valence-corrected chi connectivity index (χ0v) is 12.9. The summed E-state index contributed by atoms with van der Waals surface area (Å²) in [5, 5.41) is 4.22. The Morgan fingerprint density at radius 3 is 2.85 bits per heavy atom. The largest absolute Gasteiger partial charge is 0.308 e. The standard InChI is InChI=1S/C16H22ClFN2/c1-11-8-19-16(2,12-6-7-12)10-20(11)9-13-14(17)4-3-5-15(13)18/h3-5,11-12,19H,6-10H2,1-2H3. The summed E-state index contributed by atoms with van der Waals surface area (Å²) in [6.07, 6.45) is 2.62. The van der Waals surface area contributed by atoms with Crippen molar-refractivity contribution in [2.75, 3.05) is 13.1 Å². The van der Waals surface area contributed by atoms with Crippen molar-refractivity contribution in [3.8, 4) is 0 Å². The van der Waals surface area contributed by atoms with Crippen LogP contribution in [0.5, 0.6) is 0 Å². The van der Waals surface area contributed by atoms with Gasteiger partial charge in [-0.15, -0.1) is 0 Å². The summed E-state index contributed by atoms with van der Waals surface area (Å²) in [5.41, 5.74) is 0.797. The quantitative estimate of drug-likeness (QED) is 0.919. The molecule has 2 unspecified atom stereocenters. The molecule has 2 atom stereocenters. The molecule has 0 spiro atoms. The number of hydrogen-bond donors (Lipinski definition) is 1. The summed E-state index contributed by atoms with van der Waals surface area (Å²) in [6, 6.07) is 5.33. The molecule has 4 heteroatoms. The Morgan fingerprint density at radius 1 is 1.45 bits per heavy atom. The van der Waals surface area contributed by atoms with Gasteiger partial charge in [0.15, 0.2) is 0 Å². The van der Waals surface area contributed by atoms with E-state index in [1.165, 1.54) is 18.9 Å². The predicted molar refractivity (Wildman–Crippen MR) is 80.4 cm³/mol. The molecule has 1 saturated heterocycles. The summed E-state index contributed by atoms with van der Waals surface area (Å²) < 4.78 is 14.0. The SMILES string of the molecule is CC1CNC(C)(C2CC2)CN1Cc1c(F)cccc1Cl. The highest BCUT2D eigenvalue weighted by Crippen LogP contribution is 2.41. The zero-order valence-electron chi connectivity index (χ0n) is 12.1. The Labute approximate surface area is 125 Å². The lowest BCUT2D eigenvalue weighted by Gasteiger charge is -2.45. The van der Waals surface area contributed by atoms with Crippen LogP contribution in [-0.2, 0) is 6.54 Å². The molecule has 0 radical (unpaired) electrons. The molecule has 1 aliphatic carbocycles. The van der Waals surface area contributed by atoms with Crippen LogP contribution in [-0.4, -0.2) is 29.6 Å². The summed E-state index contributed by atoms with van der Waals surface area (Å²) in [6.45, 7) is 7.00. The monoisotopic (exact) mass is 296 g/mol. The highest BCUT2D eigenvalue weighted by molar-refractivity contribution is 6.31. The summed E-state index contributed by atoms with van der Waals surface area (Å²) in [7, 11) is 0. The molecule has 1 heterocycles. The van der Waals surface area contributed by atoms with E-state index in [0.717, 1.165) is 19.0 Å². The molecular formula is C16H22ClFN2. The molecule has 1 saturated carbocycles. The van der Waals surface area contributed by atoms with Crippen molar-refractivity contribution < 1.29 is 4.39 Å². The number of benzene rings is 1. The lowest BCUT2D eigenvalue weighted by molar-refractivity contribution is 0.0761. The van der Waals surface area contributed by atoms with Crippen molar-refractivity contribution >= 4 is 11.6 Å². The summed E-state index contributed by atoms with van der Waals surface area (Å²) in [5.74, 6) is 0.574. The average molecular weight is 297 g/mol. The Morgan fingerprint density at radius 2 is 2.20 bits per heavy atom. The average Bonchev–Trinajstić information content (AvgIpc) is 3.23. The van der Waals surface area contributed by atoms with Gasteiger partial charge in [0.05, 0.1) is 0 Å². The van der Waals surface area contributed by atoms with Crippen molar-refractivity contribution in [3.63, 3.8) is 0 Å². The van der Waals surface area contributed by atoms with Gasteiger partial charge in [-0.1, -0.05) is 17.7 Å². The number of hydrogen-bond acceptors (Lipinski definition) is 2. The molecular weight excluding hydrogens is 275 g/mol. The van der Waals surface area contributed by atoms with Gasteiger partial charge in [0.25, 0.3) is 0 Å². The van der Waals surface area contributed by atoms with E-state index < -0.39 is 0 Å². The van der Waals surface area contributed by atoms with Gasteiger partial charge < -0.3 is 5.32 Å². The Bertz CT molecular complexity index is 483. The van der Waals surface area contributed by atoms with Crippen molar-refractivity contribution in [1.29, 1.82) is 0 Å². The number of rotatable bonds is 3. The van der Waals surface area contributed by atoms with E-state index in [0.29, 0.717) is 23.2 Å². The van der Waals surface area contributed by atoms with E-state index in [1.807, 2.05) is 0 Å². The molecule has 1 aromatic rings. The maximum Gasteiger partial charge on any atom is 0.129 e. The normalized spacial score (nSPS) is 31.5. The minimum absolute atomic E-state index is 0.171. The molecule has 2 aliphatic rings. The van der Waals surface area contributed by atoms with Crippen molar-refractivity contribution in [2.24, 2.45) is 5.92 Å². The molecule has 0 aromatic heterocycles. The summed E-state index contributed by atoms with van der Waals surface area (Å²) >= 11 is 6.16. The van der Waals surface area contributed by atoms with E-state index in [4.69, 9.17) is 11.6 Å². The van der Waals surface area contributed by atoms with Crippen LogP contribution in [0, 0.1) is 11.7 Å².